The molecule has 1 unspecified atom stereocenters. The first-order valence-electron chi connectivity index (χ1n) is 4.44. The maximum atomic E-state index is 12.4. The first-order chi connectivity index (χ1) is 5.37. The van der Waals surface area contributed by atoms with Gasteiger partial charge in [0, 0.05) is 6.42 Å². The zero-order valence-corrected chi connectivity index (χ0v) is 8.11. The van der Waals surface area contributed by atoms with E-state index < -0.39 is 5.92 Å². The van der Waals surface area contributed by atoms with E-state index in [1.807, 2.05) is 13.8 Å². The standard InChI is InChI=1S/C9H19F2N/c1-7(2)8(6-12)4-5-9(3,10)11/h7-8H,4-6,12H2,1-3H3. The zero-order chi connectivity index (χ0) is 9.78. The van der Waals surface area contributed by atoms with Crippen LogP contribution in [-0.4, -0.2) is 12.5 Å². The molecule has 0 heterocycles. The van der Waals surface area contributed by atoms with Crippen molar-refractivity contribution in [3.8, 4) is 0 Å². The molecule has 0 aromatic rings. The fraction of sp³-hybridized carbons (Fsp3) is 1.00. The van der Waals surface area contributed by atoms with Crippen LogP contribution in [0.4, 0.5) is 8.78 Å². The Morgan fingerprint density at radius 2 is 1.83 bits per heavy atom. The van der Waals surface area contributed by atoms with Gasteiger partial charge in [0.15, 0.2) is 0 Å². The summed E-state index contributed by atoms with van der Waals surface area (Å²) in [5.74, 6) is -1.91. The summed E-state index contributed by atoms with van der Waals surface area (Å²) in [6.45, 7) is 5.51. The molecule has 1 atom stereocenters. The molecule has 0 saturated heterocycles. The minimum Gasteiger partial charge on any atom is -0.330 e. The Labute approximate surface area is 73.3 Å². The van der Waals surface area contributed by atoms with E-state index >= 15 is 0 Å². The van der Waals surface area contributed by atoms with Crippen molar-refractivity contribution in [2.45, 2.75) is 39.5 Å². The normalized spacial score (nSPS) is 15.2. The fourth-order valence-electron chi connectivity index (χ4n) is 1.16. The maximum absolute atomic E-state index is 12.4. The highest BCUT2D eigenvalue weighted by Gasteiger charge is 2.23. The van der Waals surface area contributed by atoms with Crippen LogP contribution in [0.15, 0.2) is 0 Å². The Balaban J connectivity index is 3.73. The Kier molecular flexibility index (Phi) is 4.68. The average Bonchev–Trinajstić information content (AvgIpc) is 1.85. The summed E-state index contributed by atoms with van der Waals surface area (Å²) < 4.78 is 24.9. The second-order valence-corrected chi connectivity index (χ2v) is 3.85. The molecule has 0 aromatic heterocycles. The highest BCUT2D eigenvalue weighted by molar-refractivity contribution is 4.68. The maximum Gasteiger partial charge on any atom is 0.245 e. The predicted octanol–water partition coefficient (Wildman–Crippen LogP) is 2.65. The van der Waals surface area contributed by atoms with Gasteiger partial charge >= 0.3 is 0 Å². The summed E-state index contributed by atoms with van der Waals surface area (Å²) >= 11 is 0. The Morgan fingerprint density at radius 1 is 1.33 bits per heavy atom. The van der Waals surface area contributed by atoms with E-state index in [-0.39, 0.29) is 12.3 Å². The summed E-state index contributed by atoms with van der Waals surface area (Å²) in [5.41, 5.74) is 5.46. The van der Waals surface area contributed by atoms with Gasteiger partial charge in [0.05, 0.1) is 0 Å². The summed E-state index contributed by atoms with van der Waals surface area (Å²) in [6, 6.07) is 0. The average molecular weight is 179 g/mol. The first kappa shape index (κ1) is 11.8. The van der Waals surface area contributed by atoms with Gasteiger partial charge in [-0.1, -0.05) is 13.8 Å². The topological polar surface area (TPSA) is 26.0 Å². The molecule has 0 rings (SSSR count). The lowest BCUT2D eigenvalue weighted by Crippen LogP contribution is -2.22. The van der Waals surface area contributed by atoms with Crippen LogP contribution < -0.4 is 5.73 Å². The van der Waals surface area contributed by atoms with Gasteiger partial charge in [-0.15, -0.1) is 0 Å². The van der Waals surface area contributed by atoms with Crippen LogP contribution in [0, 0.1) is 11.8 Å². The summed E-state index contributed by atoms with van der Waals surface area (Å²) in [7, 11) is 0. The molecule has 2 N–H and O–H groups in total. The van der Waals surface area contributed by atoms with E-state index in [1.54, 1.807) is 0 Å². The fourth-order valence-corrected chi connectivity index (χ4v) is 1.16. The van der Waals surface area contributed by atoms with Gasteiger partial charge in [0.25, 0.3) is 0 Å². The van der Waals surface area contributed by atoms with Crippen molar-refractivity contribution < 1.29 is 8.78 Å². The van der Waals surface area contributed by atoms with E-state index in [2.05, 4.69) is 0 Å². The third-order valence-corrected chi connectivity index (χ3v) is 2.20. The third kappa shape index (κ3) is 5.47. The number of alkyl halides is 2. The second-order valence-electron chi connectivity index (χ2n) is 3.85. The Hall–Kier alpha value is -0.180. The third-order valence-electron chi connectivity index (χ3n) is 2.20. The highest BCUT2D eigenvalue weighted by Crippen LogP contribution is 2.24. The molecule has 0 saturated carbocycles. The molecule has 0 amide bonds. The Bertz CT molecular complexity index is 118. The van der Waals surface area contributed by atoms with Crippen LogP contribution in [0.3, 0.4) is 0 Å². The van der Waals surface area contributed by atoms with Crippen LogP contribution in [0.5, 0.6) is 0 Å². The van der Waals surface area contributed by atoms with Crippen LogP contribution in [0.2, 0.25) is 0 Å². The lowest BCUT2D eigenvalue weighted by Gasteiger charge is -2.20. The molecule has 0 bridgehead atoms. The van der Waals surface area contributed by atoms with Crippen LogP contribution in [-0.2, 0) is 0 Å². The second kappa shape index (κ2) is 4.75. The molecule has 0 fully saturated rings. The number of hydrogen-bond donors (Lipinski definition) is 1. The van der Waals surface area contributed by atoms with Crippen molar-refractivity contribution in [3.63, 3.8) is 0 Å². The lowest BCUT2D eigenvalue weighted by molar-refractivity contribution is 0.00520. The lowest BCUT2D eigenvalue weighted by atomic mass is 9.90. The smallest absolute Gasteiger partial charge is 0.245 e. The molecule has 3 heteroatoms. The summed E-state index contributed by atoms with van der Waals surface area (Å²) in [6.07, 6.45) is 0.477. The minimum atomic E-state index is -2.54. The van der Waals surface area contributed by atoms with Gasteiger partial charge in [-0.3, -0.25) is 0 Å². The number of halogens is 2. The van der Waals surface area contributed by atoms with Gasteiger partial charge in [-0.2, -0.15) is 0 Å². The largest absolute Gasteiger partial charge is 0.330 e. The van der Waals surface area contributed by atoms with Crippen molar-refractivity contribution >= 4 is 0 Å². The van der Waals surface area contributed by atoms with Crippen LogP contribution >= 0.6 is 0 Å². The summed E-state index contributed by atoms with van der Waals surface area (Å²) in [5, 5.41) is 0. The first-order valence-corrected chi connectivity index (χ1v) is 4.44. The molecule has 0 aliphatic heterocycles. The molecule has 0 aliphatic carbocycles. The van der Waals surface area contributed by atoms with Crippen LogP contribution in [0.25, 0.3) is 0 Å². The SMILES string of the molecule is CC(C)C(CN)CCC(C)(F)F. The zero-order valence-electron chi connectivity index (χ0n) is 8.11. The molecular formula is C9H19F2N. The molecular weight excluding hydrogens is 160 g/mol. The van der Waals surface area contributed by atoms with Gasteiger partial charge < -0.3 is 5.73 Å². The molecule has 0 aromatic carbocycles. The molecule has 1 nitrogen and oxygen atoms in total. The number of nitrogens with two attached hydrogens (primary N) is 1. The van der Waals surface area contributed by atoms with Gasteiger partial charge in [0.1, 0.15) is 0 Å². The van der Waals surface area contributed by atoms with Gasteiger partial charge in [-0.25, -0.2) is 8.78 Å². The molecule has 12 heavy (non-hydrogen) atoms. The monoisotopic (exact) mass is 179 g/mol. The van der Waals surface area contributed by atoms with Crippen molar-refractivity contribution in [1.82, 2.24) is 0 Å². The molecule has 0 spiro atoms. The summed E-state index contributed by atoms with van der Waals surface area (Å²) in [4.78, 5) is 0. The highest BCUT2D eigenvalue weighted by atomic mass is 19.3. The van der Waals surface area contributed by atoms with Crippen LogP contribution in [0.1, 0.15) is 33.6 Å². The van der Waals surface area contributed by atoms with E-state index in [9.17, 15) is 8.78 Å². The quantitative estimate of drug-likeness (QED) is 0.689. The minimum absolute atomic E-state index is 0.0486. The van der Waals surface area contributed by atoms with Crippen molar-refractivity contribution in [2.24, 2.45) is 17.6 Å². The van der Waals surface area contributed by atoms with E-state index in [0.717, 1.165) is 6.92 Å². The number of rotatable bonds is 5. The molecule has 74 valence electrons. The van der Waals surface area contributed by atoms with E-state index in [1.165, 1.54) is 0 Å². The Morgan fingerprint density at radius 3 is 2.08 bits per heavy atom. The molecule has 0 aliphatic rings. The van der Waals surface area contributed by atoms with Crippen molar-refractivity contribution in [3.05, 3.63) is 0 Å². The van der Waals surface area contributed by atoms with Crippen molar-refractivity contribution in [1.29, 1.82) is 0 Å². The van der Waals surface area contributed by atoms with E-state index in [4.69, 9.17) is 5.73 Å². The number of hydrogen-bond acceptors (Lipinski definition) is 1. The van der Waals surface area contributed by atoms with E-state index in [0.29, 0.717) is 18.9 Å². The van der Waals surface area contributed by atoms with Gasteiger partial charge in [0.2, 0.25) is 5.92 Å². The van der Waals surface area contributed by atoms with Crippen molar-refractivity contribution in [2.75, 3.05) is 6.54 Å². The molecule has 0 radical (unpaired) electrons. The van der Waals surface area contributed by atoms with Gasteiger partial charge in [-0.05, 0) is 31.7 Å². The predicted molar refractivity (Wildman–Crippen MR) is 47.2 cm³/mol.